The van der Waals surface area contributed by atoms with Crippen LogP contribution in [0.5, 0.6) is 0 Å². The second kappa shape index (κ2) is 6.08. The van der Waals surface area contributed by atoms with Crippen molar-refractivity contribution >= 4 is 17.3 Å². The van der Waals surface area contributed by atoms with Crippen LogP contribution in [0.3, 0.4) is 0 Å². The highest BCUT2D eigenvalue weighted by molar-refractivity contribution is 6.31. The standard InChI is InChI=1S/C14H19ClN2O3/c1-14(18)6-3-8-16(9-7-14)10-11-12(15)4-2-5-13(11)17(19)20/h2,4-5,18H,3,6-10H2,1H3. The Balaban J connectivity index is 2.16. The molecule has 1 heterocycles. The molecule has 0 aromatic heterocycles. The van der Waals surface area contributed by atoms with Crippen LogP contribution in [-0.2, 0) is 6.54 Å². The molecule has 1 aliphatic rings. The van der Waals surface area contributed by atoms with Crippen LogP contribution in [0, 0.1) is 10.1 Å². The van der Waals surface area contributed by atoms with E-state index in [1.165, 1.54) is 6.07 Å². The van der Waals surface area contributed by atoms with Crippen molar-refractivity contribution in [2.45, 2.75) is 38.3 Å². The molecule has 0 amide bonds. The predicted octanol–water partition coefficient (Wildman–Crippen LogP) is 2.99. The quantitative estimate of drug-likeness (QED) is 0.688. The summed E-state index contributed by atoms with van der Waals surface area (Å²) in [5.41, 5.74) is -0.0181. The number of halogens is 1. The first-order chi connectivity index (χ1) is 9.39. The molecule has 1 aromatic rings. The third-order valence-electron chi connectivity index (χ3n) is 3.83. The van der Waals surface area contributed by atoms with E-state index < -0.39 is 10.5 Å². The van der Waals surface area contributed by atoms with Gasteiger partial charge in [-0.05, 0) is 38.8 Å². The molecule has 1 saturated heterocycles. The number of likely N-dealkylation sites (tertiary alicyclic amines) is 1. The third-order valence-corrected chi connectivity index (χ3v) is 4.18. The zero-order chi connectivity index (χ0) is 14.8. The molecule has 0 saturated carbocycles. The molecule has 0 spiro atoms. The topological polar surface area (TPSA) is 66.6 Å². The molecule has 1 N–H and O–H groups in total. The van der Waals surface area contributed by atoms with Gasteiger partial charge in [-0.3, -0.25) is 15.0 Å². The highest BCUT2D eigenvalue weighted by atomic mass is 35.5. The van der Waals surface area contributed by atoms with E-state index in [0.717, 1.165) is 25.9 Å². The van der Waals surface area contributed by atoms with Crippen LogP contribution >= 0.6 is 11.6 Å². The van der Waals surface area contributed by atoms with Gasteiger partial charge in [0, 0.05) is 19.2 Å². The number of rotatable bonds is 3. The number of nitro groups is 1. The van der Waals surface area contributed by atoms with E-state index in [9.17, 15) is 15.2 Å². The van der Waals surface area contributed by atoms with Gasteiger partial charge in [-0.2, -0.15) is 0 Å². The molecular weight excluding hydrogens is 280 g/mol. The summed E-state index contributed by atoms with van der Waals surface area (Å²) in [5, 5.41) is 21.6. The Morgan fingerprint density at radius 3 is 2.90 bits per heavy atom. The van der Waals surface area contributed by atoms with Gasteiger partial charge in [0.2, 0.25) is 0 Å². The van der Waals surface area contributed by atoms with Crippen molar-refractivity contribution in [1.29, 1.82) is 0 Å². The van der Waals surface area contributed by atoms with Gasteiger partial charge >= 0.3 is 0 Å². The summed E-state index contributed by atoms with van der Waals surface area (Å²) < 4.78 is 0. The Kier molecular flexibility index (Phi) is 4.62. The van der Waals surface area contributed by atoms with Crippen LogP contribution in [0.1, 0.15) is 31.7 Å². The van der Waals surface area contributed by atoms with Crippen molar-refractivity contribution in [2.75, 3.05) is 13.1 Å². The van der Waals surface area contributed by atoms with Crippen LogP contribution in [-0.4, -0.2) is 33.6 Å². The normalized spacial score (nSPS) is 24.4. The average Bonchev–Trinajstić information content (AvgIpc) is 2.53. The number of benzene rings is 1. The predicted molar refractivity (Wildman–Crippen MR) is 77.9 cm³/mol. The first-order valence-corrected chi connectivity index (χ1v) is 7.13. The molecule has 1 aromatic carbocycles. The van der Waals surface area contributed by atoms with E-state index >= 15 is 0 Å². The van der Waals surface area contributed by atoms with Gasteiger partial charge in [-0.25, -0.2) is 0 Å². The molecule has 20 heavy (non-hydrogen) atoms. The molecule has 1 unspecified atom stereocenters. The lowest BCUT2D eigenvalue weighted by Crippen LogP contribution is -2.28. The van der Waals surface area contributed by atoms with E-state index in [-0.39, 0.29) is 5.69 Å². The SMILES string of the molecule is CC1(O)CCCN(Cc2c(Cl)cccc2[N+](=O)[O-])CC1. The first kappa shape index (κ1) is 15.2. The van der Waals surface area contributed by atoms with E-state index in [1.807, 2.05) is 6.92 Å². The van der Waals surface area contributed by atoms with Crippen molar-refractivity contribution in [3.05, 3.63) is 38.9 Å². The fraction of sp³-hybridized carbons (Fsp3) is 0.571. The highest BCUT2D eigenvalue weighted by Crippen LogP contribution is 2.29. The minimum absolute atomic E-state index is 0.0634. The van der Waals surface area contributed by atoms with E-state index in [0.29, 0.717) is 23.6 Å². The summed E-state index contributed by atoms with van der Waals surface area (Å²) in [5.74, 6) is 0. The van der Waals surface area contributed by atoms with Gasteiger partial charge in [-0.15, -0.1) is 0 Å². The number of nitro benzene ring substituents is 1. The Labute approximate surface area is 123 Å². The molecule has 0 radical (unpaired) electrons. The van der Waals surface area contributed by atoms with Gasteiger partial charge in [-0.1, -0.05) is 17.7 Å². The summed E-state index contributed by atoms with van der Waals surface area (Å²) in [6.45, 7) is 3.83. The van der Waals surface area contributed by atoms with E-state index in [2.05, 4.69) is 4.90 Å². The molecule has 0 aliphatic carbocycles. The minimum atomic E-state index is -0.638. The Bertz CT molecular complexity index is 505. The number of hydrogen-bond acceptors (Lipinski definition) is 4. The van der Waals surface area contributed by atoms with Crippen LogP contribution in [0.25, 0.3) is 0 Å². The molecule has 6 heteroatoms. The Morgan fingerprint density at radius 1 is 1.45 bits per heavy atom. The summed E-state index contributed by atoms with van der Waals surface area (Å²) in [4.78, 5) is 12.8. The maximum atomic E-state index is 11.1. The maximum Gasteiger partial charge on any atom is 0.275 e. The van der Waals surface area contributed by atoms with Crippen molar-refractivity contribution in [3.63, 3.8) is 0 Å². The maximum absolute atomic E-state index is 11.1. The van der Waals surface area contributed by atoms with E-state index in [1.54, 1.807) is 12.1 Å². The lowest BCUT2D eigenvalue weighted by atomic mass is 9.98. The highest BCUT2D eigenvalue weighted by Gasteiger charge is 2.26. The van der Waals surface area contributed by atoms with Gasteiger partial charge < -0.3 is 5.11 Å². The van der Waals surface area contributed by atoms with Crippen LogP contribution in [0.15, 0.2) is 18.2 Å². The second-order valence-corrected chi connectivity index (χ2v) is 6.03. The van der Waals surface area contributed by atoms with Crippen LogP contribution in [0.2, 0.25) is 5.02 Å². The fourth-order valence-electron chi connectivity index (χ4n) is 2.58. The van der Waals surface area contributed by atoms with E-state index in [4.69, 9.17) is 11.6 Å². The molecule has 2 rings (SSSR count). The number of hydrogen-bond donors (Lipinski definition) is 1. The van der Waals surface area contributed by atoms with Crippen molar-refractivity contribution in [2.24, 2.45) is 0 Å². The number of nitrogens with zero attached hydrogens (tertiary/aromatic N) is 2. The van der Waals surface area contributed by atoms with Gasteiger partial charge in [0.15, 0.2) is 0 Å². The number of aliphatic hydroxyl groups is 1. The second-order valence-electron chi connectivity index (χ2n) is 5.62. The largest absolute Gasteiger partial charge is 0.390 e. The molecule has 1 aliphatic heterocycles. The Hall–Kier alpha value is -1.17. The van der Waals surface area contributed by atoms with Crippen molar-refractivity contribution < 1.29 is 10.0 Å². The molecule has 1 fully saturated rings. The summed E-state index contributed by atoms with van der Waals surface area (Å²) in [6.07, 6.45) is 2.31. The molecular formula is C14H19ClN2O3. The summed E-state index contributed by atoms with van der Waals surface area (Å²) in [7, 11) is 0. The molecule has 5 nitrogen and oxygen atoms in total. The smallest absolute Gasteiger partial charge is 0.275 e. The monoisotopic (exact) mass is 298 g/mol. The summed E-state index contributed by atoms with van der Waals surface area (Å²) >= 11 is 6.11. The zero-order valence-corrected chi connectivity index (χ0v) is 12.3. The first-order valence-electron chi connectivity index (χ1n) is 6.75. The Morgan fingerprint density at radius 2 is 2.20 bits per heavy atom. The van der Waals surface area contributed by atoms with Gasteiger partial charge in [0.25, 0.3) is 5.69 Å². The third kappa shape index (κ3) is 3.69. The van der Waals surface area contributed by atoms with Crippen molar-refractivity contribution in [1.82, 2.24) is 4.90 Å². The molecule has 0 bridgehead atoms. The van der Waals surface area contributed by atoms with Crippen LogP contribution in [0.4, 0.5) is 5.69 Å². The van der Waals surface area contributed by atoms with Crippen molar-refractivity contribution in [3.8, 4) is 0 Å². The fourth-order valence-corrected chi connectivity index (χ4v) is 2.81. The minimum Gasteiger partial charge on any atom is -0.390 e. The summed E-state index contributed by atoms with van der Waals surface area (Å²) in [6, 6.07) is 4.75. The zero-order valence-electron chi connectivity index (χ0n) is 11.5. The molecule has 1 atom stereocenters. The lowest BCUT2D eigenvalue weighted by Gasteiger charge is -2.22. The molecule has 110 valence electrons. The van der Waals surface area contributed by atoms with Gasteiger partial charge in [0.05, 0.1) is 21.1 Å². The van der Waals surface area contributed by atoms with Crippen LogP contribution < -0.4 is 0 Å². The average molecular weight is 299 g/mol. The van der Waals surface area contributed by atoms with Gasteiger partial charge in [0.1, 0.15) is 0 Å². The lowest BCUT2D eigenvalue weighted by molar-refractivity contribution is -0.385.